The number of nitrogens with zero attached hydrogens (tertiary/aromatic N) is 3. The van der Waals surface area contributed by atoms with Crippen molar-refractivity contribution in [2.45, 2.75) is 37.6 Å². The van der Waals surface area contributed by atoms with Gasteiger partial charge in [0.25, 0.3) is 5.91 Å². The lowest BCUT2D eigenvalue weighted by molar-refractivity contribution is -0.127. The smallest absolute Gasteiger partial charge is 0.253 e. The van der Waals surface area contributed by atoms with Crippen LogP contribution in [0, 0.1) is 5.92 Å². The molecule has 2 saturated heterocycles. The van der Waals surface area contributed by atoms with E-state index in [0.29, 0.717) is 38.2 Å². The number of aryl methyl sites for hydroxylation is 1. The Balaban J connectivity index is 1.07. The maximum absolute atomic E-state index is 13.3. The molecule has 1 spiro atoms. The molecule has 8 nitrogen and oxygen atoms in total. The van der Waals surface area contributed by atoms with Crippen LogP contribution in [0.5, 0.6) is 0 Å². The molecule has 6 rings (SSSR count). The van der Waals surface area contributed by atoms with Gasteiger partial charge in [-0.25, -0.2) is 12.7 Å². The number of sulfonamides is 1. The lowest BCUT2D eigenvalue weighted by atomic mass is 9.89. The maximum Gasteiger partial charge on any atom is 0.253 e. The Hall–Kier alpha value is -3.82. The monoisotopic (exact) mass is 584 g/mol. The highest BCUT2D eigenvalue weighted by Crippen LogP contribution is 2.33. The predicted molar refractivity (Wildman–Crippen MR) is 165 cm³/mol. The summed E-state index contributed by atoms with van der Waals surface area (Å²) in [5, 5.41) is 5.18. The molecule has 0 radical (unpaired) electrons. The summed E-state index contributed by atoms with van der Waals surface area (Å²) >= 11 is 0. The van der Waals surface area contributed by atoms with Gasteiger partial charge in [0.2, 0.25) is 15.9 Å². The number of aliphatic imine (C=N–C) groups is 1. The lowest BCUT2D eigenvalue weighted by Gasteiger charge is -2.35. The molecule has 2 amide bonds. The van der Waals surface area contributed by atoms with Gasteiger partial charge in [0, 0.05) is 38.2 Å². The number of amidine groups is 1. The molecule has 0 saturated carbocycles. The van der Waals surface area contributed by atoms with E-state index in [4.69, 9.17) is 4.99 Å². The predicted octanol–water partition coefficient (Wildman–Crippen LogP) is 4.03. The van der Waals surface area contributed by atoms with Gasteiger partial charge in [-0.2, -0.15) is 0 Å². The number of hydrogen-bond donors (Lipinski definition) is 1. The number of hydrogen-bond acceptors (Lipinski definition) is 5. The molecule has 0 aliphatic carbocycles. The van der Waals surface area contributed by atoms with Crippen LogP contribution < -0.4 is 5.32 Å². The van der Waals surface area contributed by atoms with Crippen molar-refractivity contribution in [2.24, 2.45) is 10.9 Å². The average Bonchev–Trinajstić information content (AvgIpc) is 3.34. The summed E-state index contributed by atoms with van der Waals surface area (Å²) in [6, 6.07) is 23.7. The minimum absolute atomic E-state index is 0.0272. The van der Waals surface area contributed by atoms with Crippen LogP contribution in [-0.4, -0.2) is 72.7 Å². The molecule has 3 aliphatic heterocycles. The Morgan fingerprint density at radius 3 is 2.52 bits per heavy atom. The second kappa shape index (κ2) is 11.8. The summed E-state index contributed by atoms with van der Waals surface area (Å²) in [4.78, 5) is 32.8. The molecule has 42 heavy (non-hydrogen) atoms. The molecule has 1 atom stereocenters. The van der Waals surface area contributed by atoms with Gasteiger partial charge in [-0.05, 0) is 60.1 Å². The van der Waals surface area contributed by atoms with Crippen molar-refractivity contribution in [2.75, 3.05) is 31.9 Å². The van der Waals surface area contributed by atoms with Crippen LogP contribution in [0.25, 0.3) is 16.8 Å². The molecule has 1 N–H and O–H groups in total. The highest BCUT2D eigenvalue weighted by Gasteiger charge is 2.48. The number of carbonyl (C=O) groups excluding carboxylic acids is 2. The fourth-order valence-corrected chi connectivity index (χ4v) is 7.80. The molecule has 1 unspecified atom stereocenters. The molecular weight excluding hydrogens is 548 g/mol. The number of rotatable bonds is 7. The molecule has 218 valence electrons. The quantitative estimate of drug-likeness (QED) is 0.424. The van der Waals surface area contributed by atoms with E-state index < -0.39 is 15.6 Å². The van der Waals surface area contributed by atoms with E-state index >= 15 is 0 Å². The first-order valence-corrected chi connectivity index (χ1v) is 16.3. The van der Waals surface area contributed by atoms with Crippen molar-refractivity contribution < 1.29 is 18.0 Å². The van der Waals surface area contributed by atoms with Crippen molar-refractivity contribution >= 4 is 44.5 Å². The normalized spacial score (nSPS) is 21.1. The third-order valence-corrected chi connectivity index (χ3v) is 10.7. The van der Waals surface area contributed by atoms with Crippen molar-refractivity contribution in [1.29, 1.82) is 0 Å². The average molecular weight is 585 g/mol. The fourth-order valence-electron chi connectivity index (χ4n) is 6.32. The number of piperidine rings is 2. The maximum atomic E-state index is 13.3. The summed E-state index contributed by atoms with van der Waals surface area (Å²) in [6.45, 7) is 1.71. The van der Waals surface area contributed by atoms with Gasteiger partial charge in [-0.1, -0.05) is 72.8 Å². The molecule has 0 aromatic heterocycles. The van der Waals surface area contributed by atoms with Gasteiger partial charge in [0.15, 0.2) is 0 Å². The molecule has 2 fully saturated rings. The number of amides is 2. The Morgan fingerprint density at radius 1 is 0.976 bits per heavy atom. The van der Waals surface area contributed by atoms with E-state index in [1.54, 1.807) is 6.08 Å². The van der Waals surface area contributed by atoms with Crippen molar-refractivity contribution in [1.82, 2.24) is 14.5 Å². The van der Waals surface area contributed by atoms with Gasteiger partial charge >= 0.3 is 0 Å². The topological polar surface area (TPSA) is 99.2 Å². The summed E-state index contributed by atoms with van der Waals surface area (Å²) in [7, 11) is -3.49. The van der Waals surface area contributed by atoms with Crippen LogP contribution in [-0.2, 0) is 26.0 Å². The second-order valence-electron chi connectivity index (χ2n) is 11.5. The zero-order chi connectivity index (χ0) is 29.2. The lowest BCUT2D eigenvalue weighted by Crippen LogP contribution is -2.51. The molecule has 3 aliphatic rings. The van der Waals surface area contributed by atoms with Crippen molar-refractivity contribution in [3.63, 3.8) is 0 Å². The highest BCUT2D eigenvalue weighted by molar-refractivity contribution is 7.89. The molecular formula is C33H36N4O4S. The van der Waals surface area contributed by atoms with Gasteiger partial charge in [0.1, 0.15) is 11.4 Å². The van der Waals surface area contributed by atoms with Gasteiger partial charge in [0.05, 0.1) is 5.75 Å². The highest BCUT2D eigenvalue weighted by atomic mass is 32.2. The first kappa shape index (κ1) is 28.3. The molecule has 3 aromatic rings. The number of carbonyl (C=O) groups is 2. The van der Waals surface area contributed by atoms with Gasteiger partial charge in [-0.15, -0.1) is 0 Å². The van der Waals surface area contributed by atoms with E-state index in [-0.39, 0.29) is 36.6 Å². The minimum Gasteiger partial charge on any atom is -0.338 e. The second-order valence-corrected chi connectivity index (χ2v) is 13.5. The summed E-state index contributed by atoms with van der Waals surface area (Å²) in [6.07, 6.45) is 6.24. The summed E-state index contributed by atoms with van der Waals surface area (Å²) in [5.41, 5.74) is 1.05. The summed E-state index contributed by atoms with van der Waals surface area (Å²) < 4.78 is 28.1. The van der Waals surface area contributed by atoms with Crippen LogP contribution in [0.4, 0.5) is 0 Å². The Labute approximate surface area is 247 Å². The SMILES string of the molecule is O=C(/C=C/c1ccccc1)N1CCCC(C2=NC3(CCN(S(=O)(=O)CCc4cccc5ccccc45)CC3)C(=O)N2)C1. The summed E-state index contributed by atoms with van der Waals surface area (Å²) in [5.74, 6) is 0.415. The molecule has 0 bridgehead atoms. The fraction of sp³-hybridized carbons (Fsp3) is 0.364. The zero-order valence-corrected chi connectivity index (χ0v) is 24.4. The first-order valence-electron chi connectivity index (χ1n) is 14.7. The number of likely N-dealkylation sites (tertiary alicyclic amines) is 1. The van der Waals surface area contributed by atoms with Crippen LogP contribution in [0.3, 0.4) is 0 Å². The van der Waals surface area contributed by atoms with Crippen LogP contribution >= 0.6 is 0 Å². The van der Waals surface area contributed by atoms with Gasteiger partial charge < -0.3 is 10.2 Å². The van der Waals surface area contributed by atoms with Crippen LogP contribution in [0.15, 0.2) is 83.9 Å². The van der Waals surface area contributed by atoms with E-state index in [1.165, 1.54) is 4.31 Å². The Morgan fingerprint density at radius 2 is 1.71 bits per heavy atom. The van der Waals surface area contributed by atoms with Crippen LogP contribution in [0.2, 0.25) is 0 Å². The largest absolute Gasteiger partial charge is 0.338 e. The van der Waals surface area contributed by atoms with Crippen molar-refractivity contribution in [3.05, 3.63) is 90.0 Å². The number of fused-ring (bicyclic) bond motifs is 1. The number of nitrogens with one attached hydrogen (secondary N) is 1. The van der Waals surface area contributed by atoms with E-state index in [9.17, 15) is 18.0 Å². The first-order chi connectivity index (χ1) is 20.3. The van der Waals surface area contributed by atoms with Crippen LogP contribution in [0.1, 0.15) is 36.8 Å². The minimum atomic E-state index is -3.49. The molecule has 3 heterocycles. The van der Waals surface area contributed by atoms with E-state index in [0.717, 1.165) is 34.7 Å². The standard InChI is InChI=1S/C33H36N4O4S/c38-30(16-15-25-8-2-1-3-9-25)36-20-7-13-28(24-36)31-34-32(39)33(35-31)18-21-37(22-19-33)42(40,41)23-17-27-12-6-11-26-10-4-5-14-29(26)27/h1-6,8-12,14-16,28H,7,13,17-24H2,(H,34,35,39)/b16-15+. The zero-order valence-electron chi connectivity index (χ0n) is 23.6. The third kappa shape index (κ3) is 5.89. The van der Waals surface area contributed by atoms with Gasteiger partial charge in [-0.3, -0.25) is 14.6 Å². The molecule has 3 aromatic carbocycles. The van der Waals surface area contributed by atoms with E-state index in [1.807, 2.05) is 83.8 Å². The van der Waals surface area contributed by atoms with Crippen molar-refractivity contribution in [3.8, 4) is 0 Å². The molecule has 9 heteroatoms. The number of benzene rings is 3. The Bertz CT molecular complexity index is 1640. The third-order valence-electron chi connectivity index (χ3n) is 8.79. The van der Waals surface area contributed by atoms with E-state index in [2.05, 4.69) is 5.32 Å². The Kier molecular flexibility index (Phi) is 7.96.